The molecule has 0 saturated heterocycles. The van der Waals surface area contributed by atoms with Crippen LogP contribution in [-0.4, -0.2) is 18.0 Å². The van der Waals surface area contributed by atoms with Crippen molar-refractivity contribution < 1.29 is 23.8 Å². The Morgan fingerprint density at radius 2 is 2.11 bits per heavy atom. The van der Waals surface area contributed by atoms with Crippen molar-refractivity contribution in [2.24, 2.45) is 4.99 Å². The highest BCUT2D eigenvalue weighted by atomic mass is 19.1. The van der Waals surface area contributed by atoms with Gasteiger partial charge in [-0.25, -0.2) is 9.18 Å². The SMILES string of the molecule is O=C=NC1(c2c(O)c(F)cc3c2OCO3)CCCC1. The predicted octanol–water partition coefficient (Wildman–Crippen LogP) is 2.37. The van der Waals surface area contributed by atoms with Crippen molar-refractivity contribution >= 4 is 6.08 Å². The number of benzene rings is 1. The van der Waals surface area contributed by atoms with Gasteiger partial charge in [-0.1, -0.05) is 12.8 Å². The first-order valence-electron chi connectivity index (χ1n) is 6.08. The van der Waals surface area contributed by atoms with E-state index in [1.54, 1.807) is 0 Å². The van der Waals surface area contributed by atoms with E-state index in [-0.39, 0.29) is 23.9 Å². The number of isocyanates is 1. The van der Waals surface area contributed by atoms with Gasteiger partial charge in [-0.05, 0) is 12.8 Å². The molecule has 0 amide bonds. The third-order valence-corrected chi connectivity index (χ3v) is 3.75. The van der Waals surface area contributed by atoms with Crippen molar-refractivity contribution in [3.8, 4) is 17.2 Å². The second-order valence-corrected chi connectivity index (χ2v) is 4.76. The van der Waals surface area contributed by atoms with Crippen LogP contribution in [0.2, 0.25) is 0 Å². The molecule has 3 rings (SSSR count). The number of hydrogen-bond acceptors (Lipinski definition) is 5. The van der Waals surface area contributed by atoms with Crippen LogP contribution in [0.5, 0.6) is 17.2 Å². The van der Waals surface area contributed by atoms with Gasteiger partial charge in [0, 0.05) is 6.07 Å². The average Bonchev–Trinajstić information content (AvgIpc) is 3.01. The number of phenolic OH excluding ortho intramolecular Hbond substituents is 1. The summed E-state index contributed by atoms with van der Waals surface area (Å²) < 4.78 is 24.2. The lowest BCUT2D eigenvalue weighted by atomic mass is 9.87. The Labute approximate surface area is 108 Å². The van der Waals surface area contributed by atoms with E-state index in [0.29, 0.717) is 12.8 Å². The molecule has 1 N–H and O–H groups in total. The van der Waals surface area contributed by atoms with Crippen LogP contribution in [0, 0.1) is 5.82 Å². The summed E-state index contributed by atoms with van der Waals surface area (Å²) in [5.74, 6) is -0.811. The van der Waals surface area contributed by atoms with Gasteiger partial charge in [0.25, 0.3) is 0 Å². The second-order valence-electron chi connectivity index (χ2n) is 4.76. The monoisotopic (exact) mass is 265 g/mol. The summed E-state index contributed by atoms with van der Waals surface area (Å²) in [7, 11) is 0. The molecule has 2 aliphatic rings. The molecule has 100 valence electrons. The van der Waals surface area contributed by atoms with Crippen molar-refractivity contribution in [1.29, 1.82) is 0 Å². The van der Waals surface area contributed by atoms with Gasteiger partial charge in [0.2, 0.25) is 12.9 Å². The standard InChI is InChI=1S/C13H12FNO4/c14-8-5-9-12(19-7-18-9)10(11(8)17)13(15-6-16)3-1-2-4-13/h5,17H,1-4,7H2. The Kier molecular flexibility index (Phi) is 2.68. The first kappa shape index (κ1) is 12.0. The zero-order chi connectivity index (χ0) is 13.5. The average molecular weight is 265 g/mol. The number of halogens is 1. The number of fused-ring (bicyclic) bond motifs is 1. The number of carbonyl (C=O) groups excluding carboxylic acids is 1. The molecule has 0 bridgehead atoms. The highest BCUT2D eigenvalue weighted by Crippen LogP contribution is 2.53. The maximum atomic E-state index is 13.8. The molecule has 1 saturated carbocycles. The number of rotatable bonds is 2. The van der Waals surface area contributed by atoms with Crippen LogP contribution in [0.1, 0.15) is 31.2 Å². The summed E-state index contributed by atoms with van der Waals surface area (Å²) in [5, 5.41) is 10.0. The fraction of sp³-hybridized carbons (Fsp3) is 0.462. The van der Waals surface area contributed by atoms with E-state index in [4.69, 9.17) is 9.47 Å². The predicted molar refractivity (Wildman–Crippen MR) is 62.5 cm³/mol. The molecule has 1 fully saturated rings. The normalized spacial score (nSPS) is 19.2. The second kappa shape index (κ2) is 4.24. The van der Waals surface area contributed by atoms with E-state index in [1.165, 1.54) is 6.08 Å². The van der Waals surface area contributed by atoms with Gasteiger partial charge in [-0.3, -0.25) is 0 Å². The highest BCUT2D eigenvalue weighted by Gasteiger charge is 2.43. The molecular weight excluding hydrogens is 253 g/mol. The molecule has 0 aromatic heterocycles. The van der Waals surface area contributed by atoms with Gasteiger partial charge in [-0.15, -0.1) is 0 Å². The number of hydrogen-bond donors (Lipinski definition) is 1. The van der Waals surface area contributed by atoms with Crippen LogP contribution in [-0.2, 0) is 10.3 Å². The Bertz CT molecular complexity index is 574. The van der Waals surface area contributed by atoms with E-state index < -0.39 is 17.1 Å². The van der Waals surface area contributed by atoms with E-state index in [0.717, 1.165) is 18.9 Å². The third kappa shape index (κ3) is 1.68. The van der Waals surface area contributed by atoms with Crippen molar-refractivity contribution in [2.45, 2.75) is 31.2 Å². The van der Waals surface area contributed by atoms with Gasteiger partial charge < -0.3 is 14.6 Å². The molecule has 1 aliphatic heterocycles. The molecule has 19 heavy (non-hydrogen) atoms. The number of aliphatic imine (C=N–C) groups is 1. The van der Waals surface area contributed by atoms with Gasteiger partial charge in [0.05, 0.1) is 5.56 Å². The minimum Gasteiger partial charge on any atom is -0.504 e. The molecule has 0 spiro atoms. The van der Waals surface area contributed by atoms with Crippen molar-refractivity contribution in [3.05, 3.63) is 17.4 Å². The van der Waals surface area contributed by atoms with Crippen LogP contribution >= 0.6 is 0 Å². The summed E-state index contributed by atoms with van der Waals surface area (Å²) in [6.45, 7) is -0.0356. The molecule has 6 heteroatoms. The molecule has 1 aliphatic carbocycles. The van der Waals surface area contributed by atoms with Crippen molar-refractivity contribution in [2.75, 3.05) is 6.79 Å². The maximum absolute atomic E-state index is 13.8. The Morgan fingerprint density at radius 3 is 2.79 bits per heavy atom. The summed E-state index contributed by atoms with van der Waals surface area (Å²) in [6, 6.07) is 1.08. The first-order chi connectivity index (χ1) is 9.18. The van der Waals surface area contributed by atoms with Gasteiger partial charge in [-0.2, -0.15) is 4.99 Å². The zero-order valence-electron chi connectivity index (χ0n) is 10.1. The lowest BCUT2D eigenvalue weighted by Crippen LogP contribution is -2.20. The maximum Gasteiger partial charge on any atom is 0.235 e. The smallest absolute Gasteiger partial charge is 0.235 e. The minimum absolute atomic E-state index is 0.0356. The fourth-order valence-electron chi connectivity index (χ4n) is 2.90. The Morgan fingerprint density at radius 1 is 1.37 bits per heavy atom. The van der Waals surface area contributed by atoms with E-state index in [2.05, 4.69) is 4.99 Å². The summed E-state index contributed by atoms with van der Waals surface area (Å²) >= 11 is 0. The summed E-state index contributed by atoms with van der Waals surface area (Å²) in [5.41, 5.74) is -0.744. The largest absolute Gasteiger partial charge is 0.504 e. The van der Waals surface area contributed by atoms with Gasteiger partial charge in [0.1, 0.15) is 5.54 Å². The first-order valence-corrected chi connectivity index (χ1v) is 6.08. The van der Waals surface area contributed by atoms with E-state index >= 15 is 0 Å². The van der Waals surface area contributed by atoms with Crippen LogP contribution in [0.15, 0.2) is 11.1 Å². The molecule has 5 nitrogen and oxygen atoms in total. The molecule has 0 unspecified atom stereocenters. The number of phenols is 1. The Hall–Kier alpha value is -2.07. The zero-order valence-corrected chi connectivity index (χ0v) is 10.1. The lowest BCUT2D eigenvalue weighted by molar-refractivity contribution is 0.171. The fourth-order valence-corrected chi connectivity index (χ4v) is 2.90. The molecule has 0 radical (unpaired) electrons. The van der Waals surface area contributed by atoms with Gasteiger partial charge in [0.15, 0.2) is 23.1 Å². The third-order valence-electron chi connectivity index (χ3n) is 3.75. The van der Waals surface area contributed by atoms with Crippen LogP contribution in [0.4, 0.5) is 4.39 Å². The summed E-state index contributed by atoms with van der Waals surface area (Å²) in [4.78, 5) is 14.5. The van der Waals surface area contributed by atoms with Crippen LogP contribution in [0.3, 0.4) is 0 Å². The quantitative estimate of drug-likeness (QED) is 0.658. The van der Waals surface area contributed by atoms with Gasteiger partial charge >= 0.3 is 0 Å². The molecule has 0 atom stereocenters. The van der Waals surface area contributed by atoms with E-state index in [9.17, 15) is 14.3 Å². The number of ether oxygens (including phenoxy) is 2. The molecule has 1 aromatic rings. The van der Waals surface area contributed by atoms with Crippen LogP contribution in [0.25, 0.3) is 0 Å². The molecular formula is C13H12FNO4. The summed E-state index contributed by atoms with van der Waals surface area (Å²) in [6.07, 6.45) is 4.32. The highest BCUT2D eigenvalue weighted by molar-refractivity contribution is 5.59. The van der Waals surface area contributed by atoms with Crippen LogP contribution < -0.4 is 9.47 Å². The molecule has 1 aromatic carbocycles. The van der Waals surface area contributed by atoms with Crippen molar-refractivity contribution in [3.63, 3.8) is 0 Å². The van der Waals surface area contributed by atoms with E-state index in [1.807, 2.05) is 0 Å². The molecule has 1 heterocycles. The number of nitrogens with zero attached hydrogens (tertiary/aromatic N) is 1. The lowest BCUT2D eigenvalue weighted by Gasteiger charge is -2.25. The van der Waals surface area contributed by atoms with Crippen molar-refractivity contribution in [1.82, 2.24) is 0 Å². The Balaban J connectivity index is 2.26. The topological polar surface area (TPSA) is 68.1 Å². The number of aromatic hydroxyl groups is 1. The minimum atomic E-state index is -0.953.